The highest BCUT2D eigenvalue weighted by Crippen LogP contribution is 2.33. The first-order valence-electron chi connectivity index (χ1n) is 6.09. The summed E-state index contributed by atoms with van der Waals surface area (Å²) in [7, 11) is 0. The maximum Gasteiger partial charge on any atom is 0.221 e. The van der Waals surface area contributed by atoms with Crippen LogP contribution in [0.1, 0.15) is 6.92 Å². The largest absolute Gasteiger partial charge is 0.326 e. The molecule has 0 aliphatic carbocycles. The second-order valence-corrected chi connectivity index (χ2v) is 5.49. The van der Waals surface area contributed by atoms with Crippen molar-refractivity contribution in [3.63, 3.8) is 0 Å². The molecule has 1 amide bonds. The van der Waals surface area contributed by atoms with E-state index in [1.165, 1.54) is 27.5 Å². The fraction of sp³-hybridized carbons (Fsp3) is 0.0625. The third kappa shape index (κ3) is 2.51. The SMILES string of the molecule is CC(=O)Nc1ccc(-c2cc3ccccc3s2)cc1. The van der Waals surface area contributed by atoms with Gasteiger partial charge in [-0.2, -0.15) is 0 Å². The van der Waals surface area contributed by atoms with E-state index in [9.17, 15) is 4.79 Å². The summed E-state index contributed by atoms with van der Waals surface area (Å²) in [5.74, 6) is -0.0467. The van der Waals surface area contributed by atoms with Crippen molar-refractivity contribution in [1.82, 2.24) is 0 Å². The van der Waals surface area contributed by atoms with Gasteiger partial charge in [0.15, 0.2) is 0 Å². The Morgan fingerprint density at radius 3 is 2.47 bits per heavy atom. The van der Waals surface area contributed by atoms with Gasteiger partial charge in [-0.25, -0.2) is 0 Å². The highest BCUT2D eigenvalue weighted by molar-refractivity contribution is 7.22. The molecule has 0 saturated heterocycles. The van der Waals surface area contributed by atoms with Gasteiger partial charge in [0.2, 0.25) is 5.91 Å². The summed E-state index contributed by atoms with van der Waals surface area (Å²) in [5, 5.41) is 4.05. The lowest BCUT2D eigenvalue weighted by Crippen LogP contribution is -2.05. The van der Waals surface area contributed by atoms with E-state index in [2.05, 4.69) is 35.6 Å². The summed E-state index contributed by atoms with van der Waals surface area (Å²) < 4.78 is 1.29. The van der Waals surface area contributed by atoms with E-state index in [0.717, 1.165) is 5.69 Å². The fourth-order valence-electron chi connectivity index (χ4n) is 2.05. The maximum atomic E-state index is 11.0. The number of benzene rings is 2. The van der Waals surface area contributed by atoms with E-state index >= 15 is 0 Å². The predicted octanol–water partition coefficient (Wildman–Crippen LogP) is 4.53. The number of carbonyl (C=O) groups is 1. The lowest BCUT2D eigenvalue weighted by molar-refractivity contribution is -0.114. The number of rotatable bonds is 2. The summed E-state index contributed by atoms with van der Waals surface area (Å²) in [4.78, 5) is 12.2. The molecular formula is C16H13NOS. The Balaban J connectivity index is 1.95. The third-order valence-electron chi connectivity index (χ3n) is 2.92. The molecule has 0 atom stereocenters. The minimum absolute atomic E-state index is 0.0467. The second kappa shape index (κ2) is 4.86. The smallest absolute Gasteiger partial charge is 0.221 e. The molecule has 0 fully saturated rings. The molecule has 0 saturated carbocycles. The van der Waals surface area contributed by atoms with Crippen molar-refractivity contribution in [3.05, 3.63) is 54.6 Å². The highest BCUT2D eigenvalue weighted by Gasteiger charge is 2.04. The van der Waals surface area contributed by atoms with Gasteiger partial charge in [-0.05, 0) is 35.2 Å². The average Bonchev–Trinajstić information content (AvgIpc) is 2.82. The van der Waals surface area contributed by atoms with Crippen LogP contribution in [-0.4, -0.2) is 5.91 Å². The minimum atomic E-state index is -0.0467. The molecule has 0 spiro atoms. The molecular weight excluding hydrogens is 254 g/mol. The summed E-state index contributed by atoms with van der Waals surface area (Å²) in [6.45, 7) is 1.51. The Morgan fingerprint density at radius 1 is 1.05 bits per heavy atom. The van der Waals surface area contributed by atoms with E-state index in [-0.39, 0.29) is 5.91 Å². The standard InChI is InChI=1S/C16H13NOS/c1-11(18)17-14-8-6-12(7-9-14)16-10-13-4-2-3-5-15(13)19-16/h2-10H,1H3,(H,17,18). The fourth-order valence-corrected chi connectivity index (χ4v) is 3.11. The van der Waals surface area contributed by atoms with Crippen molar-refractivity contribution >= 4 is 33.0 Å². The number of hydrogen-bond acceptors (Lipinski definition) is 2. The van der Waals surface area contributed by atoms with Crippen LogP contribution in [0.15, 0.2) is 54.6 Å². The summed E-state index contributed by atoms with van der Waals surface area (Å²) in [5.41, 5.74) is 2.01. The Hall–Kier alpha value is -2.13. The predicted molar refractivity (Wildman–Crippen MR) is 81.6 cm³/mol. The zero-order valence-electron chi connectivity index (χ0n) is 10.5. The van der Waals surface area contributed by atoms with Crippen molar-refractivity contribution in [2.24, 2.45) is 0 Å². The van der Waals surface area contributed by atoms with Crippen LogP contribution in [0, 0.1) is 0 Å². The average molecular weight is 267 g/mol. The van der Waals surface area contributed by atoms with Gasteiger partial charge in [-0.3, -0.25) is 4.79 Å². The van der Waals surface area contributed by atoms with Gasteiger partial charge in [-0.1, -0.05) is 30.3 Å². The zero-order valence-corrected chi connectivity index (χ0v) is 11.3. The molecule has 0 aliphatic heterocycles. The monoisotopic (exact) mass is 267 g/mol. The normalized spacial score (nSPS) is 10.6. The molecule has 3 rings (SSSR count). The summed E-state index contributed by atoms with van der Waals surface area (Å²) in [6, 6.07) is 18.5. The number of carbonyl (C=O) groups excluding carboxylic acids is 1. The Kier molecular flexibility index (Phi) is 3.05. The molecule has 1 heterocycles. The van der Waals surface area contributed by atoms with Crippen LogP contribution >= 0.6 is 11.3 Å². The number of amides is 1. The zero-order chi connectivity index (χ0) is 13.2. The molecule has 0 unspecified atom stereocenters. The molecule has 3 aromatic rings. The van der Waals surface area contributed by atoms with Gasteiger partial charge >= 0.3 is 0 Å². The highest BCUT2D eigenvalue weighted by atomic mass is 32.1. The molecule has 2 nitrogen and oxygen atoms in total. The lowest BCUT2D eigenvalue weighted by Gasteiger charge is -2.02. The van der Waals surface area contributed by atoms with Gasteiger partial charge in [0.05, 0.1) is 0 Å². The van der Waals surface area contributed by atoms with Crippen LogP contribution in [0.2, 0.25) is 0 Å². The molecule has 2 aromatic carbocycles. The molecule has 94 valence electrons. The number of fused-ring (bicyclic) bond motifs is 1. The number of thiophene rings is 1. The minimum Gasteiger partial charge on any atom is -0.326 e. The van der Waals surface area contributed by atoms with Gasteiger partial charge in [0.25, 0.3) is 0 Å². The van der Waals surface area contributed by atoms with Crippen LogP contribution in [0.5, 0.6) is 0 Å². The van der Waals surface area contributed by atoms with Crippen LogP contribution in [0.4, 0.5) is 5.69 Å². The van der Waals surface area contributed by atoms with Crippen LogP contribution < -0.4 is 5.32 Å². The van der Waals surface area contributed by atoms with E-state index < -0.39 is 0 Å². The van der Waals surface area contributed by atoms with Crippen LogP contribution in [0.3, 0.4) is 0 Å². The Labute approximate surface area is 115 Å². The lowest BCUT2D eigenvalue weighted by atomic mass is 10.1. The molecule has 1 N–H and O–H groups in total. The van der Waals surface area contributed by atoms with Gasteiger partial charge in [0, 0.05) is 22.2 Å². The van der Waals surface area contributed by atoms with Crippen LogP contribution in [0.25, 0.3) is 20.5 Å². The molecule has 1 aromatic heterocycles. The van der Waals surface area contributed by atoms with E-state index in [4.69, 9.17) is 0 Å². The van der Waals surface area contributed by atoms with Gasteiger partial charge in [-0.15, -0.1) is 11.3 Å². The molecule has 3 heteroatoms. The first-order valence-corrected chi connectivity index (χ1v) is 6.90. The van der Waals surface area contributed by atoms with E-state index in [1.807, 2.05) is 24.3 Å². The quantitative estimate of drug-likeness (QED) is 0.726. The second-order valence-electron chi connectivity index (χ2n) is 4.41. The number of anilines is 1. The summed E-state index contributed by atoms with van der Waals surface area (Å²) >= 11 is 1.78. The van der Waals surface area contributed by atoms with Crippen molar-refractivity contribution in [1.29, 1.82) is 0 Å². The Bertz CT molecular complexity index is 695. The van der Waals surface area contributed by atoms with Crippen molar-refractivity contribution in [3.8, 4) is 10.4 Å². The molecule has 19 heavy (non-hydrogen) atoms. The van der Waals surface area contributed by atoms with E-state index in [0.29, 0.717) is 0 Å². The first-order chi connectivity index (χ1) is 9.22. The first kappa shape index (κ1) is 11.9. The van der Waals surface area contributed by atoms with Crippen molar-refractivity contribution < 1.29 is 4.79 Å². The Morgan fingerprint density at radius 2 is 1.79 bits per heavy atom. The number of nitrogens with one attached hydrogen (secondary N) is 1. The van der Waals surface area contributed by atoms with Gasteiger partial charge < -0.3 is 5.32 Å². The topological polar surface area (TPSA) is 29.1 Å². The molecule has 0 bridgehead atoms. The van der Waals surface area contributed by atoms with Crippen molar-refractivity contribution in [2.45, 2.75) is 6.92 Å². The third-order valence-corrected chi connectivity index (χ3v) is 4.08. The maximum absolute atomic E-state index is 11.0. The molecule has 0 aliphatic rings. The van der Waals surface area contributed by atoms with E-state index in [1.54, 1.807) is 11.3 Å². The van der Waals surface area contributed by atoms with Crippen molar-refractivity contribution in [2.75, 3.05) is 5.32 Å². The molecule has 0 radical (unpaired) electrons. The van der Waals surface area contributed by atoms with Gasteiger partial charge in [0.1, 0.15) is 0 Å². The summed E-state index contributed by atoms with van der Waals surface area (Å²) in [6.07, 6.45) is 0. The van der Waals surface area contributed by atoms with Crippen LogP contribution in [-0.2, 0) is 4.79 Å². The number of hydrogen-bond donors (Lipinski definition) is 1.